The molecule has 0 radical (unpaired) electrons. The highest BCUT2D eigenvalue weighted by atomic mass is 16.5. The average Bonchev–Trinajstić information content (AvgIpc) is 3.46. The number of amides is 2. The third-order valence-corrected chi connectivity index (χ3v) is 7.26. The summed E-state index contributed by atoms with van der Waals surface area (Å²) in [6.45, 7) is 4.21. The van der Waals surface area contributed by atoms with Crippen molar-refractivity contribution in [2.24, 2.45) is 5.92 Å². The van der Waals surface area contributed by atoms with Crippen LogP contribution in [0.2, 0.25) is 0 Å². The molecule has 0 saturated carbocycles. The Balaban J connectivity index is 1.39. The quantitative estimate of drug-likeness (QED) is 0.598. The normalized spacial score (nSPS) is 19.7. The number of carbonyl (C=O) groups excluding carboxylic acids is 2. The molecule has 2 amide bonds. The number of carboxylic acids is 1. The van der Waals surface area contributed by atoms with E-state index in [1.807, 2.05) is 38.1 Å². The minimum Gasteiger partial charge on any atom is -0.479 e. The maximum atomic E-state index is 13.0. The van der Waals surface area contributed by atoms with Crippen molar-refractivity contribution in [3.05, 3.63) is 59.7 Å². The average molecular weight is 481 g/mol. The molecule has 2 aromatic rings. The second-order valence-corrected chi connectivity index (χ2v) is 9.62. The van der Waals surface area contributed by atoms with Crippen LogP contribution in [-0.4, -0.2) is 66.4 Å². The molecular weight excluding hydrogens is 448 g/mol. The van der Waals surface area contributed by atoms with Crippen LogP contribution in [0.3, 0.4) is 0 Å². The molecule has 0 spiro atoms. The van der Waals surface area contributed by atoms with Crippen molar-refractivity contribution in [2.75, 3.05) is 26.9 Å². The summed E-state index contributed by atoms with van der Waals surface area (Å²) < 4.78 is 10.9. The lowest BCUT2D eigenvalue weighted by atomic mass is 9.94. The molecule has 8 heteroatoms. The van der Waals surface area contributed by atoms with Crippen LogP contribution in [0.5, 0.6) is 0 Å². The minimum atomic E-state index is -1.37. The van der Waals surface area contributed by atoms with Crippen molar-refractivity contribution in [1.82, 2.24) is 10.2 Å². The van der Waals surface area contributed by atoms with Gasteiger partial charge in [-0.2, -0.15) is 0 Å². The number of hydrogen-bond acceptors (Lipinski definition) is 5. The first-order chi connectivity index (χ1) is 16.7. The van der Waals surface area contributed by atoms with E-state index >= 15 is 0 Å². The molecule has 186 valence electrons. The molecule has 1 fully saturated rings. The maximum absolute atomic E-state index is 13.0. The molecule has 1 aliphatic carbocycles. The highest BCUT2D eigenvalue weighted by Crippen LogP contribution is 2.44. The van der Waals surface area contributed by atoms with E-state index in [4.69, 9.17) is 9.47 Å². The Morgan fingerprint density at radius 2 is 1.71 bits per heavy atom. The number of benzene rings is 2. The van der Waals surface area contributed by atoms with Crippen LogP contribution < -0.4 is 5.32 Å². The summed E-state index contributed by atoms with van der Waals surface area (Å²) >= 11 is 0. The Hall–Kier alpha value is -3.39. The van der Waals surface area contributed by atoms with Gasteiger partial charge in [-0.3, -0.25) is 4.79 Å². The third-order valence-electron chi connectivity index (χ3n) is 7.26. The number of alkyl carbamates (subject to hydrolysis) is 1. The molecule has 1 unspecified atom stereocenters. The van der Waals surface area contributed by atoms with Gasteiger partial charge in [0, 0.05) is 38.5 Å². The van der Waals surface area contributed by atoms with Gasteiger partial charge in [-0.15, -0.1) is 0 Å². The molecular formula is C27H32N2O6. The molecule has 4 rings (SSSR count). The second kappa shape index (κ2) is 10.1. The lowest BCUT2D eigenvalue weighted by Crippen LogP contribution is -2.57. The van der Waals surface area contributed by atoms with Crippen molar-refractivity contribution in [3.8, 4) is 11.1 Å². The molecule has 35 heavy (non-hydrogen) atoms. The Labute approximate surface area is 205 Å². The zero-order valence-corrected chi connectivity index (χ0v) is 20.3. The van der Waals surface area contributed by atoms with Gasteiger partial charge in [0.25, 0.3) is 0 Å². The number of carbonyl (C=O) groups is 3. The van der Waals surface area contributed by atoms with Gasteiger partial charge in [0.15, 0.2) is 5.54 Å². The van der Waals surface area contributed by atoms with E-state index in [9.17, 15) is 19.5 Å². The molecule has 8 nitrogen and oxygen atoms in total. The van der Waals surface area contributed by atoms with Crippen LogP contribution in [0.25, 0.3) is 11.1 Å². The summed E-state index contributed by atoms with van der Waals surface area (Å²) in [5, 5.41) is 12.5. The molecule has 2 aromatic carbocycles. The molecule has 0 bridgehead atoms. The van der Waals surface area contributed by atoms with Crippen molar-refractivity contribution in [3.63, 3.8) is 0 Å². The van der Waals surface area contributed by atoms with Crippen LogP contribution in [0.15, 0.2) is 48.5 Å². The molecule has 1 heterocycles. The van der Waals surface area contributed by atoms with Crippen LogP contribution in [-0.2, 0) is 19.1 Å². The number of ether oxygens (including phenoxy) is 2. The molecule has 1 saturated heterocycles. The highest BCUT2D eigenvalue weighted by Gasteiger charge is 2.48. The Morgan fingerprint density at radius 3 is 2.23 bits per heavy atom. The van der Waals surface area contributed by atoms with E-state index < -0.39 is 23.6 Å². The molecule has 2 N–H and O–H groups in total. The predicted molar refractivity (Wildman–Crippen MR) is 130 cm³/mol. The first-order valence-electron chi connectivity index (χ1n) is 11.9. The van der Waals surface area contributed by atoms with Gasteiger partial charge in [-0.05, 0) is 28.2 Å². The fraction of sp³-hybridized carbons (Fsp3) is 0.444. The number of hydrogen-bond donors (Lipinski definition) is 2. The van der Waals surface area contributed by atoms with Crippen molar-refractivity contribution >= 4 is 18.0 Å². The minimum absolute atomic E-state index is 0.0343. The van der Waals surface area contributed by atoms with Gasteiger partial charge in [0.2, 0.25) is 5.91 Å². The largest absolute Gasteiger partial charge is 0.479 e. The third kappa shape index (κ3) is 4.75. The summed E-state index contributed by atoms with van der Waals surface area (Å²) in [7, 11) is 1.48. The number of carboxylic acid groups (broad SMARTS) is 1. The Kier molecular flexibility index (Phi) is 7.12. The number of likely N-dealkylation sites (N-methyl/N-ethyl adjacent to an activating group) is 1. The Morgan fingerprint density at radius 1 is 1.11 bits per heavy atom. The summed E-state index contributed by atoms with van der Waals surface area (Å²) in [5.74, 6) is -1.57. The van der Waals surface area contributed by atoms with Gasteiger partial charge in [-0.25, -0.2) is 9.59 Å². The number of aliphatic carboxylic acids is 1. The van der Waals surface area contributed by atoms with E-state index in [0.29, 0.717) is 0 Å². The van der Waals surface area contributed by atoms with Gasteiger partial charge in [0.1, 0.15) is 6.61 Å². The van der Waals surface area contributed by atoms with Gasteiger partial charge >= 0.3 is 12.1 Å². The fourth-order valence-electron chi connectivity index (χ4n) is 4.94. The first-order valence-corrected chi connectivity index (χ1v) is 11.9. The summed E-state index contributed by atoms with van der Waals surface area (Å²) in [4.78, 5) is 38.9. The zero-order chi connectivity index (χ0) is 25.2. The van der Waals surface area contributed by atoms with E-state index in [2.05, 4.69) is 29.6 Å². The SMILES string of the molecule is CC(C)[C@H](CC(=O)N(C)C1(C(=O)O)CCOC1)NC(=O)OCC1c2ccccc2-c2ccccc21. The molecule has 1 aliphatic heterocycles. The van der Waals surface area contributed by atoms with E-state index in [1.165, 1.54) is 11.9 Å². The highest BCUT2D eigenvalue weighted by molar-refractivity contribution is 5.88. The smallest absolute Gasteiger partial charge is 0.407 e. The lowest BCUT2D eigenvalue weighted by molar-refractivity contribution is -0.158. The van der Waals surface area contributed by atoms with E-state index in [0.717, 1.165) is 22.3 Å². The molecule has 2 aliphatic rings. The molecule has 2 atom stereocenters. The topological polar surface area (TPSA) is 105 Å². The number of nitrogens with one attached hydrogen (secondary N) is 1. The van der Waals surface area contributed by atoms with Crippen molar-refractivity contribution in [1.29, 1.82) is 0 Å². The lowest BCUT2D eigenvalue weighted by Gasteiger charge is -2.35. The predicted octanol–water partition coefficient (Wildman–Crippen LogP) is 3.64. The second-order valence-electron chi connectivity index (χ2n) is 9.62. The van der Waals surface area contributed by atoms with E-state index in [1.54, 1.807) is 0 Å². The number of nitrogens with zero attached hydrogens (tertiary/aromatic N) is 1. The zero-order valence-electron chi connectivity index (χ0n) is 20.3. The van der Waals surface area contributed by atoms with Crippen LogP contribution >= 0.6 is 0 Å². The maximum Gasteiger partial charge on any atom is 0.407 e. The van der Waals surface area contributed by atoms with Crippen molar-refractivity contribution in [2.45, 2.75) is 44.2 Å². The van der Waals surface area contributed by atoms with Crippen LogP contribution in [0.1, 0.15) is 43.7 Å². The summed E-state index contributed by atoms with van der Waals surface area (Å²) in [5.41, 5.74) is 3.17. The summed E-state index contributed by atoms with van der Waals surface area (Å²) in [6.07, 6.45) is -0.400. The van der Waals surface area contributed by atoms with Gasteiger partial charge in [-0.1, -0.05) is 62.4 Å². The Bertz CT molecular complexity index is 1060. The summed E-state index contributed by atoms with van der Waals surface area (Å²) in [6, 6.07) is 15.7. The number of rotatable bonds is 8. The van der Waals surface area contributed by atoms with Crippen molar-refractivity contribution < 1.29 is 29.0 Å². The standard InChI is InChI=1S/C27H32N2O6/c1-17(2)23(14-24(30)29(3)27(25(31)32)12-13-34-16-27)28-26(33)35-15-22-20-10-6-4-8-18(20)19-9-5-7-11-21(19)22/h4-11,17,22-23H,12-16H2,1-3H3,(H,28,33)(H,31,32)/t23-,27?/m0/s1. The van der Waals surface area contributed by atoms with Crippen LogP contribution in [0.4, 0.5) is 4.79 Å². The number of fused-ring (bicyclic) bond motifs is 3. The first kappa shape index (κ1) is 24.7. The van der Waals surface area contributed by atoms with Gasteiger partial charge < -0.3 is 24.8 Å². The van der Waals surface area contributed by atoms with E-state index in [-0.39, 0.29) is 50.4 Å². The van der Waals surface area contributed by atoms with Gasteiger partial charge in [0.05, 0.1) is 6.61 Å². The fourth-order valence-corrected chi connectivity index (χ4v) is 4.94. The molecule has 0 aromatic heterocycles. The van der Waals surface area contributed by atoms with Crippen LogP contribution in [0, 0.1) is 5.92 Å². The monoisotopic (exact) mass is 480 g/mol.